The van der Waals surface area contributed by atoms with Gasteiger partial charge in [0.1, 0.15) is 18.2 Å². The molecule has 1 saturated heterocycles. The molecular weight excluding hydrogens is 408 g/mol. The highest BCUT2D eigenvalue weighted by Gasteiger charge is 2.30. The van der Waals surface area contributed by atoms with Gasteiger partial charge in [-0.25, -0.2) is 19.9 Å². The van der Waals surface area contributed by atoms with E-state index in [-0.39, 0.29) is 5.91 Å². The second-order valence-electron chi connectivity index (χ2n) is 7.53. The van der Waals surface area contributed by atoms with Gasteiger partial charge in [0.05, 0.1) is 31.0 Å². The van der Waals surface area contributed by atoms with E-state index in [4.69, 9.17) is 14.5 Å². The molecule has 0 bridgehead atoms. The van der Waals surface area contributed by atoms with Crippen molar-refractivity contribution in [2.45, 2.75) is 13.0 Å². The van der Waals surface area contributed by atoms with Gasteiger partial charge in [0.25, 0.3) is 5.91 Å². The Morgan fingerprint density at radius 1 is 1.22 bits per heavy atom. The Balaban J connectivity index is 1.66. The normalized spacial score (nSPS) is 16.0. The van der Waals surface area contributed by atoms with Crippen molar-refractivity contribution < 1.29 is 14.3 Å². The van der Waals surface area contributed by atoms with Crippen molar-refractivity contribution in [3.63, 3.8) is 0 Å². The number of hydrogen-bond donors (Lipinski definition) is 0. The Hall–Kier alpha value is -3.59. The fourth-order valence-corrected chi connectivity index (χ4v) is 3.60. The number of morpholine rings is 1. The molecule has 0 saturated carbocycles. The molecule has 1 aromatic carbocycles. The van der Waals surface area contributed by atoms with Crippen LogP contribution in [0.4, 0.5) is 5.95 Å². The molecule has 1 unspecified atom stereocenters. The van der Waals surface area contributed by atoms with Crippen LogP contribution in [0, 0.1) is 0 Å². The van der Waals surface area contributed by atoms with Crippen LogP contribution in [-0.2, 0) is 4.74 Å². The van der Waals surface area contributed by atoms with Crippen LogP contribution in [0.25, 0.3) is 11.1 Å². The average Bonchev–Trinajstić information content (AvgIpc) is 2.84. The molecule has 166 valence electrons. The lowest BCUT2D eigenvalue weighted by molar-refractivity contribution is -0.0245. The number of ether oxygens (including phenoxy) is 2. The summed E-state index contributed by atoms with van der Waals surface area (Å²) in [4.78, 5) is 34.4. The second-order valence-corrected chi connectivity index (χ2v) is 7.53. The van der Waals surface area contributed by atoms with Crippen LogP contribution in [0.15, 0.2) is 49.2 Å². The van der Waals surface area contributed by atoms with Crippen LogP contribution in [0.1, 0.15) is 29.1 Å². The van der Waals surface area contributed by atoms with Gasteiger partial charge >= 0.3 is 0 Å². The number of rotatable bonds is 6. The summed E-state index contributed by atoms with van der Waals surface area (Å²) >= 11 is 0. The molecular formula is C23H26N6O3. The van der Waals surface area contributed by atoms with Gasteiger partial charge in [0, 0.05) is 50.4 Å². The molecule has 9 heteroatoms. The number of aromatic nitrogens is 4. The first-order chi connectivity index (χ1) is 15.6. The lowest BCUT2D eigenvalue weighted by atomic mass is 10.0. The molecule has 3 aromatic rings. The third-order valence-electron chi connectivity index (χ3n) is 5.15. The summed E-state index contributed by atoms with van der Waals surface area (Å²) in [7, 11) is 3.76. The lowest BCUT2D eigenvalue weighted by Crippen LogP contribution is -2.42. The molecule has 0 aliphatic carbocycles. The van der Waals surface area contributed by atoms with Gasteiger partial charge in [-0.05, 0) is 19.1 Å². The van der Waals surface area contributed by atoms with E-state index < -0.39 is 6.10 Å². The Morgan fingerprint density at radius 3 is 2.75 bits per heavy atom. The first kappa shape index (κ1) is 21.6. The highest BCUT2D eigenvalue weighted by Crippen LogP contribution is 2.32. The molecule has 3 heterocycles. The third kappa shape index (κ3) is 4.52. The second kappa shape index (κ2) is 9.69. The number of carbonyl (C=O) groups excluding carboxylic acids is 1. The molecule has 0 spiro atoms. The van der Waals surface area contributed by atoms with Gasteiger partial charge in [-0.2, -0.15) is 0 Å². The largest absolute Gasteiger partial charge is 0.493 e. The predicted octanol–water partition coefficient (Wildman–Crippen LogP) is 2.61. The number of hydrogen-bond acceptors (Lipinski definition) is 8. The van der Waals surface area contributed by atoms with Crippen molar-refractivity contribution in [2.75, 3.05) is 45.3 Å². The molecule has 0 N–H and O–H groups in total. The van der Waals surface area contributed by atoms with E-state index in [0.29, 0.717) is 49.3 Å². The molecule has 4 rings (SSSR count). The lowest BCUT2D eigenvalue weighted by Gasteiger charge is -2.34. The molecule has 9 nitrogen and oxygen atoms in total. The van der Waals surface area contributed by atoms with Gasteiger partial charge in [-0.3, -0.25) is 4.79 Å². The SMILES string of the molecule is CCOc1ccccc1C(=O)N1CCOC(c2nc(N(C)C)ncc2-c2cncnc2)C1. The topological polar surface area (TPSA) is 93.6 Å². The highest BCUT2D eigenvalue weighted by molar-refractivity contribution is 5.97. The molecule has 1 amide bonds. The van der Waals surface area contributed by atoms with Crippen molar-refractivity contribution in [3.8, 4) is 16.9 Å². The summed E-state index contributed by atoms with van der Waals surface area (Å²) in [6, 6.07) is 7.31. The molecule has 1 aliphatic rings. The van der Waals surface area contributed by atoms with Gasteiger partial charge in [0.2, 0.25) is 5.95 Å². The van der Waals surface area contributed by atoms with Gasteiger partial charge < -0.3 is 19.3 Å². The Labute approximate surface area is 187 Å². The zero-order valence-corrected chi connectivity index (χ0v) is 18.4. The molecule has 32 heavy (non-hydrogen) atoms. The van der Waals surface area contributed by atoms with Crippen LogP contribution in [0.5, 0.6) is 5.75 Å². The number of anilines is 1. The standard InChI is InChI=1S/C23H26N6O3/c1-4-31-19-8-6-5-7-17(19)22(30)29-9-10-32-20(14-29)21-18(16-11-24-15-25-12-16)13-26-23(27-21)28(2)3/h5-8,11-13,15,20H,4,9-10,14H2,1-3H3. The summed E-state index contributed by atoms with van der Waals surface area (Å²) in [5, 5.41) is 0. The summed E-state index contributed by atoms with van der Waals surface area (Å²) in [6.45, 7) is 3.65. The van der Waals surface area contributed by atoms with Gasteiger partial charge in [-0.1, -0.05) is 12.1 Å². The van der Waals surface area contributed by atoms with Crippen molar-refractivity contribution >= 4 is 11.9 Å². The Kier molecular flexibility index (Phi) is 6.55. The molecule has 2 aromatic heterocycles. The first-order valence-corrected chi connectivity index (χ1v) is 10.5. The molecule has 1 atom stereocenters. The minimum Gasteiger partial charge on any atom is -0.493 e. The minimum absolute atomic E-state index is 0.0890. The van der Waals surface area contributed by atoms with Crippen LogP contribution in [0.3, 0.4) is 0 Å². The zero-order chi connectivity index (χ0) is 22.5. The first-order valence-electron chi connectivity index (χ1n) is 10.5. The zero-order valence-electron chi connectivity index (χ0n) is 18.4. The van der Waals surface area contributed by atoms with Gasteiger partial charge in [-0.15, -0.1) is 0 Å². The van der Waals surface area contributed by atoms with Crippen LogP contribution < -0.4 is 9.64 Å². The smallest absolute Gasteiger partial charge is 0.257 e. The van der Waals surface area contributed by atoms with E-state index in [2.05, 4.69) is 15.0 Å². The van der Waals surface area contributed by atoms with Gasteiger partial charge in [0.15, 0.2) is 0 Å². The van der Waals surface area contributed by atoms with Crippen LogP contribution >= 0.6 is 0 Å². The highest BCUT2D eigenvalue weighted by atomic mass is 16.5. The van der Waals surface area contributed by atoms with E-state index >= 15 is 0 Å². The number of amides is 1. The maximum absolute atomic E-state index is 13.3. The minimum atomic E-state index is -0.413. The van der Waals surface area contributed by atoms with E-state index in [9.17, 15) is 4.79 Å². The third-order valence-corrected chi connectivity index (χ3v) is 5.15. The monoisotopic (exact) mass is 434 g/mol. The number of carbonyl (C=O) groups is 1. The van der Waals surface area contributed by atoms with E-state index in [1.54, 1.807) is 29.6 Å². The summed E-state index contributed by atoms with van der Waals surface area (Å²) in [5.74, 6) is 1.06. The average molecular weight is 435 g/mol. The van der Waals surface area contributed by atoms with Crippen molar-refractivity contribution in [3.05, 3.63) is 60.4 Å². The van der Waals surface area contributed by atoms with Crippen molar-refractivity contribution in [1.82, 2.24) is 24.8 Å². The van der Waals surface area contributed by atoms with E-state index in [1.807, 2.05) is 44.1 Å². The van der Waals surface area contributed by atoms with E-state index in [1.165, 1.54) is 6.33 Å². The van der Waals surface area contributed by atoms with Crippen molar-refractivity contribution in [1.29, 1.82) is 0 Å². The number of benzene rings is 1. The van der Waals surface area contributed by atoms with Crippen LogP contribution in [0.2, 0.25) is 0 Å². The summed E-state index contributed by atoms with van der Waals surface area (Å²) in [6.07, 6.45) is 6.25. The quantitative estimate of drug-likeness (QED) is 0.585. The molecule has 1 fully saturated rings. The Bertz CT molecular complexity index is 1080. The fourth-order valence-electron chi connectivity index (χ4n) is 3.60. The Morgan fingerprint density at radius 2 is 2.00 bits per heavy atom. The molecule has 0 radical (unpaired) electrons. The maximum atomic E-state index is 13.3. The fraction of sp³-hybridized carbons (Fsp3) is 0.348. The molecule has 1 aliphatic heterocycles. The van der Waals surface area contributed by atoms with Crippen molar-refractivity contribution in [2.24, 2.45) is 0 Å². The summed E-state index contributed by atoms with van der Waals surface area (Å²) < 4.78 is 11.7. The predicted molar refractivity (Wildman–Crippen MR) is 120 cm³/mol. The van der Waals surface area contributed by atoms with Crippen LogP contribution in [-0.4, -0.2) is 71.1 Å². The maximum Gasteiger partial charge on any atom is 0.257 e. The number of para-hydroxylation sites is 1. The van der Waals surface area contributed by atoms with E-state index in [0.717, 1.165) is 11.1 Å². The number of nitrogens with zero attached hydrogens (tertiary/aromatic N) is 6. The summed E-state index contributed by atoms with van der Waals surface area (Å²) in [5.41, 5.74) is 2.82.